The first-order valence-corrected chi connectivity index (χ1v) is 6.54. The molecular weight excluding hydrogens is 264 g/mol. The highest BCUT2D eigenvalue weighted by Crippen LogP contribution is 2.19. The maximum absolute atomic E-state index is 5.73. The van der Waals surface area contributed by atoms with E-state index in [4.69, 9.17) is 4.74 Å². The third-order valence-corrected chi connectivity index (χ3v) is 2.95. The van der Waals surface area contributed by atoms with Gasteiger partial charge >= 0.3 is 0 Å². The van der Waals surface area contributed by atoms with Gasteiger partial charge in [0.2, 0.25) is 5.82 Å². The van der Waals surface area contributed by atoms with Gasteiger partial charge in [0.25, 0.3) is 0 Å². The fourth-order valence-corrected chi connectivity index (χ4v) is 1.86. The molecular formula is C16H14N4O. The first kappa shape index (κ1) is 13.1. The van der Waals surface area contributed by atoms with Crippen LogP contribution in [0.25, 0.3) is 17.6 Å². The minimum absolute atomic E-state index is 0.547. The van der Waals surface area contributed by atoms with Crippen LogP contribution in [0.4, 0.5) is 0 Å². The summed E-state index contributed by atoms with van der Waals surface area (Å²) in [4.78, 5) is 1.33. The highest BCUT2D eigenvalue weighted by molar-refractivity contribution is 5.55. The molecule has 0 amide bonds. The molecule has 5 heteroatoms. The Morgan fingerprint density at radius 2 is 1.81 bits per heavy atom. The molecule has 0 atom stereocenters. The fraction of sp³-hybridized carbons (Fsp3) is 0.0625. The van der Waals surface area contributed by atoms with Crippen LogP contribution in [0.2, 0.25) is 0 Å². The van der Waals surface area contributed by atoms with Crippen LogP contribution in [-0.2, 0) is 6.61 Å². The Kier molecular flexibility index (Phi) is 3.73. The molecule has 0 unspecified atom stereocenters. The molecule has 0 saturated carbocycles. The van der Waals surface area contributed by atoms with Gasteiger partial charge in [-0.3, -0.25) is 0 Å². The minimum Gasteiger partial charge on any atom is -0.489 e. The Hall–Kier alpha value is -2.95. The molecule has 2 aromatic carbocycles. The number of ether oxygens (including phenoxy) is 1. The summed E-state index contributed by atoms with van der Waals surface area (Å²) in [6.45, 7) is 4.13. The maximum atomic E-state index is 5.73. The molecule has 0 aliphatic rings. The molecule has 0 saturated heterocycles. The first-order valence-electron chi connectivity index (χ1n) is 6.54. The summed E-state index contributed by atoms with van der Waals surface area (Å²) < 4.78 is 5.73. The maximum Gasteiger partial charge on any atom is 0.205 e. The lowest BCUT2D eigenvalue weighted by atomic mass is 10.2. The summed E-state index contributed by atoms with van der Waals surface area (Å²) in [5, 5.41) is 11.9. The fourth-order valence-electron chi connectivity index (χ4n) is 1.86. The first-order chi connectivity index (χ1) is 10.3. The van der Waals surface area contributed by atoms with Crippen molar-refractivity contribution >= 4 is 6.20 Å². The lowest BCUT2D eigenvalue weighted by molar-refractivity contribution is 0.306. The molecule has 5 nitrogen and oxygen atoms in total. The van der Waals surface area contributed by atoms with Gasteiger partial charge in [0.1, 0.15) is 12.4 Å². The van der Waals surface area contributed by atoms with Crippen molar-refractivity contribution in [2.45, 2.75) is 6.61 Å². The SMILES string of the molecule is C=Cn1nnc(-c2ccc(OCc3ccccc3)cc2)n1. The number of hydrogen-bond acceptors (Lipinski definition) is 4. The topological polar surface area (TPSA) is 52.8 Å². The van der Waals surface area contributed by atoms with Gasteiger partial charge in [-0.15, -0.1) is 15.0 Å². The van der Waals surface area contributed by atoms with Gasteiger partial charge in [0, 0.05) is 11.8 Å². The largest absolute Gasteiger partial charge is 0.489 e. The number of aromatic nitrogens is 4. The van der Waals surface area contributed by atoms with E-state index in [2.05, 4.69) is 22.0 Å². The molecule has 0 spiro atoms. The van der Waals surface area contributed by atoms with E-state index in [0.29, 0.717) is 12.4 Å². The van der Waals surface area contributed by atoms with Crippen LogP contribution in [-0.4, -0.2) is 20.2 Å². The van der Waals surface area contributed by atoms with Gasteiger partial charge in [-0.1, -0.05) is 36.9 Å². The summed E-state index contributed by atoms with van der Waals surface area (Å²) in [6.07, 6.45) is 1.49. The monoisotopic (exact) mass is 278 g/mol. The molecule has 3 rings (SSSR count). The molecule has 21 heavy (non-hydrogen) atoms. The van der Waals surface area contributed by atoms with Crippen LogP contribution in [0.3, 0.4) is 0 Å². The third kappa shape index (κ3) is 3.14. The van der Waals surface area contributed by atoms with E-state index in [1.807, 2.05) is 54.6 Å². The molecule has 1 aromatic heterocycles. The lowest BCUT2D eigenvalue weighted by Crippen LogP contribution is -1.94. The van der Waals surface area contributed by atoms with Gasteiger partial charge < -0.3 is 4.74 Å². The van der Waals surface area contributed by atoms with Crippen LogP contribution in [0, 0.1) is 0 Å². The van der Waals surface area contributed by atoms with Crippen LogP contribution < -0.4 is 4.74 Å². The van der Waals surface area contributed by atoms with Crippen LogP contribution in [0.5, 0.6) is 5.75 Å². The van der Waals surface area contributed by atoms with E-state index >= 15 is 0 Å². The van der Waals surface area contributed by atoms with E-state index in [1.165, 1.54) is 11.0 Å². The quantitative estimate of drug-likeness (QED) is 0.720. The predicted octanol–water partition coefficient (Wildman–Crippen LogP) is 3.02. The standard InChI is InChI=1S/C16H14N4O/c1-2-20-18-16(17-19-20)14-8-10-15(11-9-14)21-12-13-6-4-3-5-7-13/h2-11H,1,12H2. The molecule has 0 aliphatic carbocycles. The van der Waals surface area contributed by atoms with Gasteiger partial charge in [0.15, 0.2) is 0 Å². The number of benzene rings is 2. The van der Waals surface area contributed by atoms with Gasteiger partial charge in [0.05, 0.1) is 0 Å². The molecule has 0 fully saturated rings. The molecule has 1 heterocycles. The summed E-state index contributed by atoms with van der Waals surface area (Å²) >= 11 is 0. The van der Waals surface area contributed by atoms with Gasteiger partial charge in [-0.25, -0.2) is 0 Å². The van der Waals surface area contributed by atoms with Crippen molar-refractivity contribution in [2.24, 2.45) is 0 Å². The normalized spacial score (nSPS) is 10.3. The molecule has 0 radical (unpaired) electrons. The Balaban J connectivity index is 1.68. The second-order valence-electron chi connectivity index (χ2n) is 4.41. The molecule has 0 aliphatic heterocycles. The van der Waals surface area contributed by atoms with Crippen molar-refractivity contribution < 1.29 is 4.74 Å². The Morgan fingerprint density at radius 1 is 1.05 bits per heavy atom. The smallest absolute Gasteiger partial charge is 0.205 e. The van der Waals surface area contributed by atoms with Crippen molar-refractivity contribution in [1.29, 1.82) is 0 Å². The predicted molar refractivity (Wildman–Crippen MR) is 80.4 cm³/mol. The number of hydrogen-bond donors (Lipinski definition) is 0. The molecule has 0 N–H and O–H groups in total. The van der Waals surface area contributed by atoms with Crippen molar-refractivity contribution in [2.75, 3.05) is 0 Å². The van der Waals surface area contributed by atoms with E-state index in [-0.39, 0.29) is 0 Å². The summed E-state index contributed by atoms with van der Waals surface area (Å²) in [5.41, 5.74) is 2.02. The molecule has 104 valence electrons. The zero-order chi connectivity index (χ0) is 14.5. The van der Waals surface area contributed by atoms with E-state index in [1.54, 1.807) is 0 Å². The Labute approximate surface area is 122 Å². The molecule has 0 bridgehead atoms. The summed E-state index contributed by atoms with van der Waals surface area (Å²) in [6, 6.07) is 17.7. The molecule has 3 aromatic rings. The van der Waals surface area contributed by atoms with E-state index in [9.17, 15) is 0 Å². The number of nitrogens with zero attached hydrogens (tertiary/aromatic N) is 4. The van der Waals surface area contributed by atoms with Crippen molar-refractivity contribution in [3.8, 4) is 17.1 Å². The third-order valence-electron chi connectivity index (χ3n) is 2.95. The second-order valence-corrected chi connectivity index (χ2v) is 4.41. The van der Waals surface area contributed by atoms with Crippen molar-refractivity contribution in [3.63, 3.8) is 0 Å². The van der Waals surface area contributed by atoms with Crippen molar-refractivity contribution in [1.82, 2.24) is 20.2 Å². The van der Waals surface area contributed by atoms with Crippen LogP contribution in [0.1, 0.15) is 5.56 Å². The van der Waals surface area contributed by atoms with Crippen LogP contribution in [0.15, 0.2) is 61.2 Å². The Morgan fingerprint density at radius 3 is 2.48 bits per heavy atom. The number of rotatable bonds is 5. The van der Waals surface area contributed by atoms with Gasteiger partial charge in [-0.05, 0) is 35.0 Å². The van der Waals surface area contributed by atoms with Crippen molar-refractivity contribution in [3.05, 3.63) is 66.7 Å². The minimum atomic E-state index is 0.547. The Bertz CT molecular complexity index is 720. The van der Waals surface area contributed by atoms with E-state index in [0.717, 1.165) is 16.9 Å². The second kappa shape index (κ2) is 6.00. The number of tetrazole rings is 1. The van der Waals surface area contributed by atoms with E-state index < -0.39 is 0 Å². The van der Waals surface area contributed by atoms with Crippen LogP contribution >= 0.6 is 0 Å². The van der Waals surface area contributed by atoms with Gasteiger partial charge in [-0.2, -0.15) is 0 Å². The average Bonchev–Trinajstić information content (AvgIpc) is 3.03. The highest BCUT2D eigenvalue weighted by atomic mass is 16.5. The zero-order valence-electron chi connectivity index (χ0n) is 11.4. The lowest BCUT2D eigenvalue weighted by Gasteiger charge is -2.06. The zero-order valence-corrected chi connectivity index (χ0v) is 11.4. The average molecular weight is 278 g/mol. The summed E-state index contributed by atoms with van der Waals surface area (Å²) in [5.74, 6) is 1.36. The highest BCUT2D eigenvalue weighted by Gasteiger charge is 2.04. The summed E-state index contributed by atoms with van der Waals surface area (Å²) in [7, 11) is 0.